The third kappa shape index (κ3) is 20.1. The Hall–Kier alpha value is -4.18. The summed E-state index contributed by atoms with van der Waals surface area (Å²) < 4.78 is 53.9. The van der Waals surface area contributed by atoms with Crippen molar-refractivity contribution in [3.05, 3.63) is 42.0 Å². The predicted octanol–water partition coefficient (Wildman–Crippen LogP) is 1.47. The lowest BCUT2D eigenvalue weighted by Gasteiger charge is -2.27. The Labute approximate surface area is 344 Å². The molecule has 0 saturated carbocycles. The van der Waals surface area contributed by atoms with Crippen molar-refractivity contribution in [1.82, 2.24) is 10.2 Å². The standard InChI is InChI=1S/C40H59N3O16/c1-2-36(46)59-30-29-58-28-27-57-26-25-56-24-23-55-22-21-54-20-19-53-18-17-52-16-15-51-14-13-50-12-5-3-4-9-34(44)41-32-8-6-7-31-37(32)40(49)43(39(31)48)33-10-11-35(45)42-38(33)47/h2,6-8,33H,1,3-5,9-30H2,(H,41,44)(H,42,45,47). The van der Waals surface area contributed by atoms with E-state index in [0.29, 0.717) is 125 Å². The number of nitrogens with one attached hydrogen (secondary N) is 2. The average molecular weight is 838 g/mol. The molecule has 1 fully saturated rings. The van der Waals surface area contributed by atoms with Gasteiger partial charge in [0, 0.05) is 25.5 Å². The maximum absolute atomic E-state index is 13.2. The fourth-order valence-electron chi connectivity index (χ4n) is 5.62. The number of hydrogen-bond donors (Lipinski definition) is 2. The zero-order valence-electron chi connectivity index (χ0n) is 33.8. The Morgan fingerprint density at radius 2 is 1.12 bits per heavy atom. The minimum atomic E-state index is -1.08. The second kappa shape index (κ2) is 30.8. The van der Waals surface area contributed by atoms with Crippen LogP contribution in [0.5, 0.6) is 0 Å². The number of anilines is 1. The number of carbonyl (C=O) groups excluding carboxylic acids is 6. The van der Waals surface area contributed by atoms with Crippen molar-refractivity contribution in [2.24, 2.45) is 0 Å². The SMILES string of the molecule is C=CC(=O)OCCOCCOCCOCCOCCOCCOCCOCCOCCOCCCCCC(=O)Nc1cccc2c1C(=O)N(C1CCC(=O)NC1=O)C2=O. The minimum Gasteiger partial charge on any atom is -0.460 e. The van der Waals surface area contributed by atoms with E-state index in [1.807, 2.05) is 0 Å². The molecule has 3 rings (SSSR count). The number of imide groups is 2. The molecular weight excluding hydrogens is 778 g/mol. The average Bonchev–Trinajstić information content (AvgIpc) is 3.48. The van der Waals surface area contributed by atoms with E-state index in [1.54, 1.807) is 12.1 Å². The zero-order valence-corrected chi connectivity index (χ0v) is 33.8. The van der Waals surface area contributed by atoms with Gasteiger partial charge < -0.3 is 52.7 Å². The summed E-state index contributed by atoms with van der Waals surface area (Å²) in [4.78, 5) is 74.4. The van der Waals surface area contributed by atoms with Crippen molar-refractivity contribution in [1.29, 1.82) is 0 Å². The van der Waals surface area contributed by atoms with Gasteiger partial charge in [-0.05, 0) is 31.4 Å². The molecule has 1 unspecified atom stereocenters. The molecule has 0 aliphatic carbocycles. The largest absolute Gasteiger partial charge is 0.460 e. The highest BCUT2D eigenvalue weighted by molar-refractivity contribution is 6.26. The van der Waals surface area contributed by atoms with Crippen LogP contribution < -0.4 is 10.6 Å². The van der Waals surface area contributed by atoms with Gasteiger partial charge in [0.15, 0.2) is 0 Å². The number of rotatable bonds is 36. The highest BCUT2D eigenvalue weighted by Crippen LogP contribution is 2.32. The molecule has 5 amide bonds. The number of esters is 1. The van der Waals surface area contributed by atoms with Gasteiger partial charge in [0.05, 0.1) is 129 Å². The summed E-state index contributed by atoms with van der Waals surface area (Å²) in [5.74, 6) is -3.21. The van der Waals surface area contributed by atoms with Gasteiger partial charge in [-0.1, -0.05) is 19.1 Å². The molecule has 2 aliphatic heterocycles. The number of hydrogen-bond acceptors (Lipinski definition) is 16. The molecule has 19 heteroatoms. The molecule has 2 heterocycles. The van der Waals surface area contributed by atoms with Crippen LogP contribution in [0.3, 0.4) is 0 Å². The molecule has 0 aromatic heterocycles. The number of carbonyl (C=O) groups is 6. The maximum atomic E-state index is 13.2. The van der Waals surface area contributed by atoms with E-state index in [2.05, 4.69) is 17.2 Å². The molecular formula is C40H59N3O16. The van der Waals surface area contributed by atoms with E-state index in [0.717, 1.165) is 23.8 Å². The van der Waals surface area contributed by atoms with Crippen molar-refractivity contribution >= 4 is 41.2 Å². The Balaban J connectivity index is 1.01. The van der Waals surface area contributed by atoms with Crippen molar-refractivity contribution in [2.75, 3.05) is 131 Å². The van der Waals surface area contributed by atoms with E-state index in [9.17, 15) is 28.8 Å². The van der Waals surface area contributed by atoms with Crippen LogP contribution in [-0.2, 0) is 66.5 Å². The molecule has 0 radical (unpaired) electrons. The topological polar surface area (TPSA) is 222 Å². The summed E-state index contributed by atoms with van der Waals surface area (Å²) in [6.07, 6.45) is 3.53. The number of ether oxygens (including phenoxy) is 10. The first-order valence-corrected chi connectivity index (χ1v) is 20.0. The monoisotopic (exact) mass is 837 g/mol. The summed E-state index contributed by atoms with van der Waals surface area (Å²) in [7, 11) is 0. The number of unbranched alkanes of at least 4 members (excludes halogenated alkanes) is 2. The first kappa shape index (κ1) is 49.2. The molecule has 1 saturated heterocycles. The van der Waals surface area contributed by atoms with Gasteiger partial charge in [0.2, 0.25) is 17.7 Å². The van der Waals surface area contributed by atoms with Crippen molar-refractivity contribution in [3.63, 3.8) is 0 Å². The van der Waals surface area contributed by atoms with Crippen LogP contribution in [0.1, 0.15) is 59.2 Å². The van der Waals surface area contributed by atoms with Gasteiger partial charge in [0.1, 0.15) is 12.6 Å². The number of amides is 5. The van der Waals surface area contributed by atoms with E-state index >= 15 is 0 Å². The van der Waals surface area contributed by atoms with E-state index in [-0.39, 0.29) is 48.6 Å². The Morgan fingerprint density at radius 1 is 0.644 bits per heavy atom. The van der Waals surface area contributed by atoms with Crippen molar-refractivity contribution < 1.29 is 76.1 Å². The lowest BCUT2D eigenvalue weighted by Crippen LogP contribution is -2.54. The van der Waals surface area contributed by atoms with Crippen molar-refractivity contribution in [3.8, 4) is 0 Å². The van der Waals surface area contributed by atoms with Gasteiger partial charge >= 0.3 is 5.97 Å². The molecule has 330 valence electrons. The third-order valence-corrected chi connectivity index (χ3v) is 8.55. The number of nitrogens with zero attached hydrogens (tertiary/aromatic N) is 1. The van der Waals surface area contributed by atoms with Gasteiger partial charge in [-0.2, -0.15) is 0 Å². The van der Waals surface area contributed by atoms with E-state index in [1.165, 1.54) is 6.07 Å². The molecule has 1 aromatic rings. The van der Waals surface area contributed by atoms with Crippen LogP contribution in [0.4, 0.5) is 5.69 Å². The number of piperidine rings is 1. The summed E-state index contributed by atoms with van der Waals surface area (Å²) in [5.41, 5.74) is 0.370. The molecule has 1 aromatic carbocycles. The molecule has 1 atom stereocenters. The second-order valence-corrected chi connectivity index (χ2v) is 12.9. The van der Waals surface area contributed by atoms with Gasteiger partial charge in [0.25, 0.3) is 11.8 Å². The van der Waals surface area contributed by atoms with Gasteiger partial charge in [-0.3, -0.25) is 34.2 Å². The third-order valence-electron chi connectivity index (χ3n) is 8.55. The summed E-state index contributed by atoms with van der Waals surface area (Å²) in [6, 6.07) is 3.52. The Morgan fingerprint density at radius 3 is 1.59 bits per heavy atom. The van der Waals surface area contributed by atoms with Gasteiger partial charge in [-0.15, -0.1) is 0 Å². The smallest absolute Gasteiger partial charge is 0.330 e. The minimum absolute atomic E-state index is 0.0251. The van der Waals surface area contributed by atoms with Crippen LogP contribution in [0, 0.1) is 0 Å². The highest BCUT2D eigenvalue weighted by atomic mass is 16.6. The first-order chi connectivity index (χ1) is 28.8. The number of benzene rings is 1. The summed E-state index contributed by atoms with van der Waals surface area (Å²) in [5, 5.41) is 4.90. The lowest BCUT2D eigenvalue weighted by molar-refractivity contribution is -0.139. The van der Waals surface area contributed by atoms with E-state index < -0.39 is 35.6 Å². The predicted molar refractivity (Wildman–Crippen MR) is 209 cm³/mol. The fraction of sp³-hybridized carbons (Fsp3) is 0.650. The molecule has 0 bridgehead atoms. The Bertz CT molecular complexity index is 1460. The molecule has 2 N–H and O–H groups in total. The first-order valence-electron chi connectivity index (χ1n) is 20.0. The van der Waals surface area contributed by atoms with Crippen LogP contribution in [0.25, 0.3) is 0 Å². The molecule has 2 aliphatic rings. The number of fused-ring (bicyclic) bond motifs is 1. The quantitative estimate of drug-likeness (QED) is 0.0423. The van der Waals surface area contributed by atoms with Gasteiger partial charge in [-0.25, -0.2) is 4.79 Å². The zero-order chi connectivity index (χ0) is 42.3. The van der Waals surface area contributed by atoms with Crippen LogP contribution in [0.2, 0.25) is 0 Å². The Kier molecular flexibility index (Phi) is 25.7. The van der Waals surface area contributed by atoms with E-state index in [4.69, 9.17) is 47.4 Å². The molecule has 59 heavy (non-hydrogen) atoms. The fourth-order valence-corrected chi connectivity index (χ4v) is 5.62. The highest BCUT2D eigenvalue weighted by Gasteiger charge is 2.45. The normalized spacial score (nSPS) is 15.1. The summed E-state index contributed by atoms with van der Waals surface area (Å²) in [6.45, 7) is 11.5. The summed E-state index contributed by atoms with van der Waals surface area (Å²) >= 11 is 0. The molecule has 19 nitrogen and oxygen atoms in total. The lowest BCUT2D eigenvalue weighted by atomic mass is 10.0. The van der Waals surface area contributed by atoms with Crippen LogP contribution >= 0.6 is 0 Å². The van der Waals surface area contributed by atoms with Crippen molar-refractivity contribution in [2.45, 2.75) is 44.6 Å². The van der Waals surface area contributed by atoms with Crippen LogP contribution in [0.15, 0.2) is 30.9 Å². The second-order valence-electron chi connectivity index (χ2n) is 12.9. The molecule has 0 spiro atoms. The maximum Gasteiger partial charge on any atom is 0.330 e. The van der Waals surface area contributed by atoms with Crippen LogP contribution in [-0.4, -0.2) is 172 Å².